The number of benzene rings is 2. The smallest absolute Gasteiger partial charge is 0.241 e. The van der Waals surface area contributed by atoms with E-state index >= 15 is 0 Å². The number of carbonyl (C=O) groups is 2. The zero-order valence-corrected chi connectivity index (χ0v) is 12.8. The topological polar surface area (TPSA) is 42.3 Å². The molecule has 4 rings (SSSR count). The van der Waals surface area contributed by atoms with Crippen LogP contribution in [-0.2, 0) is 16.6 Å². The summed E-state index contributed by atoms with van der Waals surface area (Å²) >= 11 is 0. The highest BCUT2D eigenvalue weighted by atomic mass is 16.2. The first-order chi connectivity index (χ1) is 11.2. The van der Waals surface area contributed by atoms with Crippen molar-refractivity contribution in [2.45, 2.75) is 12.3 Å². The number of anilines is 1. The van der Waals surface area contributed by atoms with Gasteiger partial charge in [0.2, 0.25) is 11.8 Å². The summed E-state index contributed by atoms with van der Waals surface area (Å²) < 4.78 is 2.01. The number of aryl methyl sites for hydroxylation is 1. The van der Waals surface area contributed by atoms with Gasteiger partial charge in [0.25, 0.3) is 0 Å². The fraction of sp³-hybridized carbons (Fsp3) is 0.158. The maximum absolute atomic E-state index is 12.9. The third-order valence-electron chi connectivity index (χ3n) is 4.46. The summed E-state index contributed by atoms with van der Waals surface area (Å²) in [5, 5.41) is 1.04. The van der Waals surface area contributed by atoms with E-state index in [1.165, 1.54) is 4.90 Å². The molecule has 0 saturated carbocycles. The fourth-order valence-electron chi connectivity index (χ4n) is 3.37. The Hall–Kier alpha value is -2.88. The molecule has 1 fully saturated rings. The molecular weight excluding hydrogens is 288 g/mol. The minimum atomic E-state index is -0.409. The van der Waals surface area contributed by atoms with Gasteiger partial charge in [0, 0.05) is 30.6 Å². The number of hydrogen-bond donors (Lipinski definition) is 0. The number of aromatic nitrogens is 1. The number of rotatable bonds is 2. The minimum absolute atomic E-state index is 0.140. The van der Waals surface area contributed by atoms with Gasteiger partial charge in [0.1, 0.15) is 0 Å². The molecule has 0 spiro atoms. The van der Waals surface area contributed by atoms with E-state index in [0.717, 1.165) is 16.5 Å². The number of carbonyl (C=O) groups excluding carboxylic acids is 2. The molecule has 0 unspecified atom stereocenters. The summed E-state index contributed by atoms with van der Waals surface area (Å²) in [5.74, 6) is -0.689. The second-order valence-electron chi connectivity index (χ2n) is 5.87. The Labute approximate surface area is 133 Å². The first-order valence-corrected chi connectivity index (χ1v) is 7.62. The van der Waals surface area contributed by atoms with Gasteiger partial charge in [-0.1, -0.05) is 36.4 Å². The Balaban J connectivity index is 1.79. The van der Waals surface area contributed by atoms with Crippen LogP contribution in [0.3, 0.4) is 0 Å². The standard InChI is InChI=1S/C19H16N2O2/c1-20-12-16(14-9-5-6-10-17(14)20)15-11-18(22)21(19(15)23)13-7-3-2-4-8-13/h2-10,12,15H,11H2,1H3/t15-/m1/s1. The lowest BCUT2D eigenvalue weighted by molar-refractivity contribution is -0.121. The molecule has 1 aliphatic rings. The molecule has 1 aromatic heterocycles. The van der Waals surface area contributed by atoms with Crippen molar-refractivity contribution < 1.29 is 9.59 Å². The van der Waals surface area contributed by atoms with E-state index in [0.29, 0.717) is 5.69 Å². The van der Waals surface area contributed by atoms with Crippen molar-refractivity contribution in [1.82, 2.24) is 4.57 Å². The highest BCUT2D eigenvalue weighted by molar-refractivity contribution is 6.23. The largest absolute Gasteiger partial charge is 0.350 e. The summed E-state index contributed by atoms with van der Waals surface area (Å²) in [6.45, 7) is 0. The molecule has 0 bridgehead atoms. The molecule has 1 atom stereocenters. The van der Waals surface area contributed by atoms with Crippen molar-refractivity contribution >= 4 is 28.4 Å². The maximum atomic E-state index is 12.9. The van der Waals surface area contributed by atoms with Crippen LogP contribution in [-0.4, -0.2) is 16.4 Å². The van der Waals surface area contributed by atoms with E-state index in [4.69, 9.17) is 0 Å². The third-order valence-corrected chi connectivity index (χ3v) is 4.46. The second-order valence-corrected chi connectivity index (χ2v) is 5.87. The van der Waals surface area contributed by atoms with Crippen LogP contribution in [0.5, 0.6) is 0 Å². The molecule has 4 heteroatoms. The molecule has 23 heavy (non-hydrogen) atoms. The maximum Gasteiger partial charge on any atom is 0.241 e. The van der Waals surface area contributed by atoms with E-state index in [9.17, 15) is 9.59 Å². The molecule has 1 aliphatic heterocycles. The Morgan fingerprint density at radius 3 is 2.43 bits per heavy atom. The number of para-hydroxylation sites is 2. The van der Waals surface area contributed by atoms with Gasteiger partial charge in [-0.15, -0.1) is 0 Å². The quantitative estimate of drug-likeness (QED) is 0.682. The zero-order chi connectivity index (χ0) is 16.0. The van der Waals surface area contributed by atoms with Crippen LogP contribution in [0.25, 0.3) is 10.9 Å². The molecular formula is C19H16N2O2. The monoisotopic (exact) mass is 304 g/mol. The number of nitrogens with zero attached hydrogens (tertiary/aromatic N) is 2. The van der Waals surface area contributed by atoms with Gasteiger partial charge in [-0.05, 0) is 23.8 Å². The van der Waals surface area contributed by atoms with Crippen molar-refractivity contribution in [3.63, 3.8) is 0 Å². The predicted molar refractivity (Wildman–Crippen MR) is 89.2 cm³/mol. The van der Waals surface area contributed by atoms with E-state index in [1.807, 2.05) is 60.3 Å². The SMILES string of the molecule is Cn1cc([C@H]2CC(=O)N(c3ccccc3)C2=O)c2ccccc21. The Morgan fingerprint density at radius 1 is 0.957 bits per heavy atom. The molecule has 114 valence electrons. The average Bonchev–Trinajstić information content (AvgIpc) is 3.06. The summed E-state index contributed by atoms with van der Waals surface area (Å²) in [4.78, 5) is 26.6. The van der Waals surface area contributed by atoms with Crippen molar-refractivity contribution in [2.75, 3.05) is 4.90 Å². The van der Waals surface area contributed by atoms with Crippen LogP contribution < -0.4 is 4.90 Å². The molecule has 2 amide bonds. The Morgan fingerprint density at radius 2 is 1.65 bits per heavy atom. The summed E-state index contributed by atoms with van der Waals surface area (Å²) in [6.07, 6.45) is 2.19. The van der Waals surface area contributed by atoms with Crippen molar-refractivity contribution in [3.05, 3.63) is 66.4 Å². The highest BCUT2D eigenvalue weighted by Gasteiger charge is 2.41. The average molecular weight is 304 g/mol. The van der Waals surface area contributed by atoms with Gasteiger partial charge in [-0.2, -0.15) is 0 Å². The van der Waals surface area contributed by atoms with Crippen LogP contribution in [0.4, 0.5) is 5.69 Å². The lowest BCUT2D eigenvalue weighted by Gasteiger charge is -2.14. The molecule has 1 saturated heterocycles. The van der Waals surface area contributed by atoms with Gasteiger partial charge < -0.3 is 4.57 Å². The van der Waals surface area contributed by atoms with Crippen molar-refractivity contribution in [3.8, 4) is 0 Å². The summed E-state index contributed by atoms with van der Waals surface area (Å²) in [7, 11) is 1.96. The second kappa shape index (κ2) is 5.09. The summed E-state index contributed by atoms with van der Waals surface area (Å²) in [5.41, 5.74) is 2.64. The molecule has 0 N–H and O–H groups in total. The number of amides is 2. The molecule has 2 aromatic carbocycles. The predicted octanol–water partition coefficient (Wildman–Crippen LogP) is 3.23. The number of fused-ring (bicyclic) bond motifs is 1. The lowest BCUT2D eigenvalue weighted by atomic mass is 9.97. The van der Waals surface area contributed by atoms with Crippen LogP contribution in [0, 0.1) is 0 Å². The first-order valence-electron chi connectivity index (χ1n) is 7.62. The van der Waals surface area contributed by atoms with Crippen LogP contribution in [0.1, 0.15) is 17.9 Å². The van der Waals surface area contributed by atoms with Crippen molar-refractivity contribution in [1.29, 1.82) is 0 Å². The molecule has 3 aromatic rings. The highest BCUT2D eigenvalue weighted by Crippen LogP contribution is 2.36. The van der Waals surface area contributed by atoms with E-state index in [1.54, 1.807) is 12.1 Å². The van der Waals surface area contributed by atoms with Crippen LogP contribution >= 0.6 is 0 Å². The lowest BCUT2D eigenvalue weighted by Crippen LogP contribution is -2.29. The Bertz CT molecular complexity index is 912. The normalized spacial score (nSPS) is 18.1. The van der Waals surface area contributed by atoms with Gasteiger partial charge in [-0.25, -0.2) is 0 Å². The van der Waals surface area contributed by atoms with Crippen LogP contribution in [0.15, 0.2) is 60.8 Å². The van der Waals surface area contributed by atoms with Crippen molar-refractivity contribution in [2.24, 2.45) is 7.05 Å². The minimum Gasteiger partial charge on any atom is -0.350 e. The molecule has 0 aliphatic carbocycles. The first kappa shape index (κ1) is 13.8. The zero-order valence-electron chi connectivity index (χ0n) is 12.8. The third kappa shape index (κ3) is 2.06. The fourth-order valence-corrected chi connectivity index (χ4v) is 3.37. The van der Waals surface area contributed by atoms with Gasteiger partial charge >= 0.3 is 0 Å². The summed E-state index contributed by atoms with van der Waals surface area (Å²) in [6, 6.07) is 17.1. The van der Waals surface area contributed by atoms with Gasteiger partial charge in [0.05, 0.1) is 11.6 Å². The van der Waals surface area contributed by atoms with Crippen LogP contribution in [0.2, 0.25) is 0 Å². The van der Waals surface area contributed by atoms with Gasteiger partial charge in [0.15, 0.2) is 0 Å². The van der Waals surface area contributed by atoms with E-state index in [2.05, 4.69) is 0 Å². The van der Waals surface area contributed by atoms with E-state index < -0.39 is 5.92 Å². The number of imide groups is 1. The van der Waals surface area contributed by atoms with E-state index in [-0.39, 0.29) is 18.2 Å². The molecule has 4 nitrogen and oxygen atoms in total. The van der Waals surface area contributed by atoms with Gasteiger partial charge in [-0.3, -0.25) is 14.5 Å². The number of hydrogen-bond acceptors (Lipinski definition) is 2. The Kier molecular flexibility index (Phi) is 3.05. The molecule has 2 heterocycles. The molecule has 0 radical (unpaired) electrons.